The molecule has 0 amide bonds. The monoisotopic (exact) mass is 911 g/mol. The summed E-state index contributed by atoms with van der Waals surface area (Å²) in [7, 11) is 0. The van der Waals surface area contributed by atoms with Gasteiger partial charge in [-0.25, -0.2) is 0 Å². The molecule has 0 N–H and O–H groups in total. The Labute approximate surface area is 403 Å². The number of unbranched alkanes of at least 4 members (excludes halogenated alkanes) is 32. The van der Waals surface area contributed by atoms with Crippen LogP contribution in [0.15, 0.2) is 48.6 Å². The van der Waals surface area contributed by atoms with Crippen LogP contribution in [-0.4, -0.2) is 37.2 Å². The van der Waals surface area contributed by atoms with Crippen LogP contribution < -0.4 is 0 Å². The molecule has 0 heterocycles. The van der Waals surface area contributed by atoms with Gasteiger partial charge in [0.2, 0.25) is 0 Å². The molecule has 1 unspecified atom stereocenters. The van der Waals surface area contributed by atoms with Gasteiger partial charge in [-0.1, -0.05) is 262 Å². The third kappa shape index (κ3) is 52.2. The minimum atomic E-state index is -0.790. The van der Waals surface area contributed by atoms with E-state index in [9.17, 15) is 14.4 Å². The normalized spacial score (nSPS) is 12.4. The van der Waals surface area contributed by atoms with Crippen molar-refractivity contribution in [1.29, 1.82) is 0 Å². The van der Waals surface area contributed by atoms with Crippen LogP contribution in [0, 0.1) is 0 Å². The van der Waals surface area contributed by atoms with Gasteiger partial charge in [0.25, 0.3) is 0 Å². The van der Waals surface area contributed by atoms with Gasteiger partial charge < -0.3 is 14.2 Å². The van der Waals surface area contributed by atoms with Gasteiger partial charge in [-0.3, -0.25) is 14.4 Å². The lowest BCUT2D eigenvalue weighted by Gasteiger charge is -2.18. The van der Waals surface area contributed by atoms with Gasteiger partial charge in [-0.05, 0) is 57.8 Å². The van der Waals surface area contributed by atoms with E-state index >= 15 is 0 Å². The minimum Gasteiger partial charge on any atom is -0.462 e. The molecule has 0 aromatic rings. The van der Waals surface area contributed by atoms with Crippen LogP contribution in [-0.2, 0) is 28.6 Å². The maximum absolute atomic E-state index is 12.8. The van der Waals surface area contributed by atoms with Gasteiger partial charge in [0.1, 0.15) is 13.2 Å². The van der Waals surface area contributed by atoms with Crippen molar-refractivity contribution in [3.05, 3.63) is 48.6 Å². The molecule has 0 spiro atoms. The zero-order valence-corrected chi connectivity index (χ0v) is 43.3. The highest BCUT2D eigenvalue weighted by molar-refractivity contribution is 5.71. The first-order valence-corrected chi connectivity index (χ1v) is 28.1. The molecule has 0 aliphatic carbocycles. The van der Waals surface area contributed by atoms with Gasteiger partial charge in [0, 0.05) is 19.3 Å². The highest BCUT2D eigenvalue weighted by Crippen LogP contribution is 2.17. The molecule has 6 nitrogen and oxygen atoms in total. The molecule has 0 saturated carbocycles. The fourth-order valence-corrected chi connectivity index (χ4v) is 8.14. The van der Waals surface area contributed by atoms with Crippen LogP contribution in [0.25, 0.3) is 0 Å². The van der Waals surface area contributed by atoms with Crippen molar-refractivity contribution in [1.82, 2.24) is 0 Å². The highest BCUT2D eigenvalue weighted by atomic mass is 16.6. The molecule has 0 radical (unpaired) electrons. The second-order valence-corrected chi connectivity index (χ2v) is 18.8. The summed E-state index contributed by atoms with van der Waals surface area (Å²) in [4.78, 5) is 38.1. The summed E-state index contributed by atoms with van der Waals surface area (Å²) in [6.45, 7) is 6.53. The quantitative estimate of drug-likeness (QED) is 0.0262. The van der Waals surface area contributed by atoms with Crippen LogP contribution in [0.4, 0.5) is 0 Å². The van der Waals surface area contributed by atoms with Crippen molar-refractivity contribution in [3.63, 3.8) is 0 Å². The summed E-state index contributed by atoms with van der Waals surface area (Å²) in [5.41, 5.74) is 0. The Kier molecular flexibility index (Phi) is 51.8. The van der Waals surface area contributed by atoms with Crippen molar-refractivity contribution < 1.29 is 28.6 Å². The Hall–Kier alpha value is -2.63. The van der Waals surface area contributed by atoms with Crippen LogP contribution in [0.3, 0.4) is 0 Å². The molecular weight excluding hydrogens is 805 g/mol. The second kappa shape index (κ2) is 54.0. The van der Waals surface area contributed by atoms with Gasteiger partial charge in [0.15, 0.2) is 6.10 Å². The number of esters is 3. The van der Waals surface area contributed by atoms with Crippen molar-refractivity contribution >= 4 is 17.9 Å². The summed E-state index contributed by atoms with van der Waals surface area (Å²) in [5.74, 6) is -0.912. The number of carbonyl (C=O) groups is 3. The van der Waals surface area contributed by atoms with E-state index in [1.54, 1.807) is 0 Å². The van der Waals surface area contributed by atoms with Gasteiger partial charge in [0.05, 0.1) is 0 Å². The largest absolute Gasteiger partial charge is 0.462 e. The zero-order chi connectivity index (χ0) is 47.2. The lowest BCUT2D eigenvalue weighted by atomic mass is 10.0. The van der Waals surface area contributed by atoms with E-state index in [4.69, 9.17) is 14.2 Å². The molecule has 0 aromatic carbocycles. The lowest BCUT2D eigenvalue weighted by molar-refractivity contribution is -0.167. The summed E-state index contributed by atoms with van der Waals surface area (Å²) in [6, 6.07) is 0. The predicted octanol–water partition coefficient (Wildman–Crippen LogP) is 18.7. The summed E-state index contributed by atoms with van der Waals surface area (Å²) >= 11 is 0. The number of hydrogen-bond donors (Lipinski definition) is 0. The predicted molar refractivity (Wildman–Crippen MR) is 279 cm³/mol. The topological polar surface area (TPSA) is 78.9 Å². The average molecular weight is 911 g/mol. The summed E-state index contributed by atoms with van der Waals surface area (Å²) in [6.07, 6.45) is 65.3. The van der Waals surface area contributed by atoms with Crippen molar-refractivity contribution in [2.75, 3.05) is 13.2 Å². The van der Waals surface area contributed by atoms with Crippen LogP contribution in [0.2, 0.25) is 0 Å². The smallest absolute Gasteiger partial charge is 0.306 e. The molecule has 0 aliphatic rings. The van der Waals surface area contributed by atoms with E-state index in [1.165, 1.54) is 167 Å². The number of allylic oxidation sites excluding steroid dienone is 8. The van der Waals surface area contributed by atoms with Crippen molar-refractivity contribution in [3.8, 4) is 0 Å². The molecule has 0 bridgehead atoms. The van der Waals surface area contributed by atoms with Gasteiger partial charge >= 0.3 is 17.9 Å². The second-order valence-electron chi connectivity index (χ2n) is 18.8. The SMILES string of the molecule is CC/C=C\C/C=C\C/C=C\C/C=C\CCCCC(=O)OC(COC(=O)CCCCCCCCCCCCCCCCC)COC(=O)CCCCCCCCCCCCCCCCCCC. The first-order chi connectivity index (χ1) is 32.0. The van der Waals surface area contributed by atoms with Crippen molar-refractivity contribution in [2.24, 2.45) is 0 Å². The van der Waals surface area contributed by atoms with E-state index in [0.717, 1.165) is 77.0 Å². The molecule has 378 valence electrons. The van der Waals surface area contributed by atoms with Crippen LogP contribution in [0.1, 0.15) is 290 Å². The number of carbonyl (C=O) groups excluding carboxylic acids is 3. The highest BCUT2D eigenvalue weighted by Gasteiger charge is 2.19. The lowest BCUT2D eigenvalue weighted by Crippen LogP contribution is -2.30. The van der Waals surface area contributed by atoms with E-state index in [2.05, 4.69) is 69.4 Å². The molecule has 0 aliphatic heterocycles. The molecule has 6 heteroatoms. The first-order valence-electron chi connectivity index (χ1n) is 28.1. The standard InChI is InChI=1S/C59H106O6/c1-4-7-10-13-16-19-22-25-28-29-32-34-37-40-43-46-49-52-58(61)64-55-56(65-59(62)53-50-47-44-41-38-35-31-27-24-21-18-15-12-9-6-3)54-63-57(60)51-48-45-42-39-36-33-30-26-23-20-17-14-11-8-5-2/h9,12,18,21,27,31,38,41,56H,4-8,10-11,13-17,19-20,22-26,28-30,32-37,39-40,42-55H2,1-3H3/b12-9-,21-18-,31-27-,41-38-. The van der Waals surface area contributed by atoms with E-state index in [1.807, 2.05) is 0 Å². The minimum absolute atomic E-state index is 0.0856. The van der Waals surface area contributed by atoms with Crippen molar-refractivity contribution in [2.45, 2.75) is 297 Å². The molecule has 0 aromatic heterocycles. The van der Waals surface area contributed by atoms with E-state index in [-0.39, 0.29) is 37.5 Å². The Morgan fingerprint density at radius 3 is 0.938 bits per heavy atom. The Bertz CT molecular complexity index is 1140. The Morgan fingerprint density at radius 1 is 0.323 bits per heavy atom. The number of rotatable bonds is 51. The molecular formula is C59H106O6. The van der Waals surface area contributed by atoms with E-state index in [0.29, 0.717) is 19.3 Å². The molecule has 0 saturated heterocycles. The third-order valence-corrected chi connectivity index (χ3v) is 12.3. The summed E-state index contributed by atoms with van der Waals surface area (Å²) in [5, 5.41) is 0. The maximum atomic E-state index is 12.8. The zero-order valence-electron chi connectivity index (χ0n) is 43.3. The fraction of sp³-hybridized carbons (Fsp3) is 0.814. The number of hydrogen-bond acceptors (Lipinski definition) is 6. The molecule has 65 heavy (non-hydrogen) atoms. The molecule has 0 rings (SSSR count). The Balaban J connectivity index is 4.39. The maximum Gasteiger partial charge on any atom is 0.306 e. The van der Waals surface area contributed by atoms with Crippen LogP contribution in [0.5, 0.6) is 0 Å². The van der Waals surface area contributed by atoms with Gasteiger partial charge in [-0.15, -0.1) is 0 Å². The first kappa shape index (κ1) is 62.4. The molecule has 0 fully saturated rings. The fourth-order valence-electron chi connectivity index (χ4n) is 8.14. The number of ether oxygens (including phenoxy) is 3. The average Bonchev–Trinajstić information content (AvgIpc) is 3.30. The van der Waals surface area contributed by atoms with Crippen LogP contribution >= 0.6 is 0 Å². The Morgan fingerprint density at radius 2 is 0.600 bits per heavy atom. The van der Waals surface area contributed by atoms with E-state index < -0.39 is 6.10 Å². The third-order valence-electron chi connectivity index (χ3n) is 12.3. The molecule has 1 atom stereocenters. The summed E-state index contributed by atoms with van der Waals surface area (Å²) < 4.78 is 16.8. The van der Waals surface area contributed by atoms with Gasteiger partial charge in [-0.2, -0.15) is 0 Å².